The van der Waals surface area contributed by atoms with Crippen molar-refractivity contribution in [3.05, 3.63) is 96.6 Å². The van der Waals surface area contributed by atoms with Crippen LogP contribution in [0.1, 0.15) is 11.5 Å². The Morgan fingerprint density at radius 3 is 1.60 bits per heavy atom. The molecule has 3 aromatic rings. The van der Waals surface area contributed by atoms with Gasteiger partial charge in [-0.1, -0.05) is 78.9 Å². The summed E-state index contributed by atoms with van der Waals surface area (Å²) in [5.74, 6) is -0.497. The van der Waals surface area contributed by atoms with E-state index in [2.05, 4.69) is 0 Å². The summed E-state index contributed by atoms with van der Waals surface area (Å²) >= 11 is 5.74. The van der Waals surface area contributed by atoms with Crippen LogP contribution in [0.3, 0.4) is 0 Å². The van der Waals surface area contributed by atoms with Crippen LogP contribution in [-0.4, -0.2) is 10.9 Å². The third-order valence-corrected chi connectivity index (χ3v) is 4.65. The van der Waals surface area contributed by atoms with Gasteiger partial charge in [-0.05, 0) is 29.8 Å². The second-order valence-electron chi connectivity index (χ2n) is 5.81. The van der Waals surface area contributed by atoms with Crippen molar-refractivity contribution in [2.45, 2.75) is 5.92 Å². The summed E-state index contributed by atoms with van der Waals surface area (Å²) in [5.41, 5.74) is 2.59. The molecule has 0 N–H and O–H groups in total. The van der Waals surface area contributed by atoms with E-state index in [-0.39, 0.29) is 5.91 Å². The highest BCUT2D eigenvalue weighted by molar-refractivity contribution is 7.80. The van der Waals surface area contributed by atoms with E-state index in [1.54, 1.807) is 5.01 Å². The van der Waals surface area contributed by atoms with Crippen LogP contribution in [0.25, 0.3) is 0 Å². The fourth-order valence-corrected chi connectivity index (χ4v) is 3.53. The average molecular weight is 344 g/mol. The molecule has 1 atom stereocenters. The van der Waals surface area contributed by atoms with Gasteiger partial charge in [0.25, 0.3) is 5.91 Å². The Morgan fingerprint density at radius 2 is 1.08 bits per heavy atom. The zero-order valence-corrected chi connectivity index (χ0v) is 14.3. The van der Waals surface area contributed by atoms with Gasteiger partial charge in [0.05, 0.1) is 11.4 Å². The number of anilines is 2. The van der Waals surface area contributed by atoms with Crippen molar-refractivity contribution in [2.75, 3.05) is 10.0 Å². The molecule has 0 saturated carbocycles. The molecule has 1 fully saturated rings. The standard InChI is InChI=1S/C21H16N2OS/c24-20-19(16-10-4-1-5-11-16)21(25)23(18-14-8-3-9-15-18)22(20)17-12-6-2-7-13-17/h1-15,19H. The Kier molecular flexibility index (Phi) is 4.04. The number of rotatable bonds is 3. The van der Waals surface area contributed by atoms with Crippen molar-refractivity contribution in [1.82, 2.24) is 0 Å². The normalized spacial score (nSPS) is 17.2. The monoisotopic (exact) mass is 344 g/mol. The first kappa shape index (κ1) is 15.5. The maximum atomic E-state index is 13.3. The van der Waals surface area contributed by atoms with E-state index in [0.29, 0.717) is 4.99 Å². The molecule has 3 aromatic carbocycles. The van der Waals surface area contributed by atoms with Crippen LogP contribution in [0.2, 0.25) is 0 Å². The van der Waals surface area contributed by atoms with Crippen molar-refractivity contribution in [1.29, 1.82) is 0 Å². The summed E-state index contributed by atoms with van der Waals surface area (Å²) in [6.45, 7) is 0. The fraction of sp³-hybridized carbons (Fsp3) is 0.0476. The molecule has 0 aliphatic carbocycles. The molecule has 0 spiro atoms. The smallest absolute Gasteiger partial charge is 0.260 e. The Morgan fingerprint density at radius 1 is 0.640 bits per heavy atom. The van der Waals surface area contributed by atoms with Gasteiger partial charge in [0.2, 0.25) is 0 Å². The lowest BCUT2D eigenvalue weighted by Gasteiger charge is -2.29. The zero-order chi connectivity index (χ0) is 17.2. The number of amides is 1. The fourth-order valence-electron chi connectivity index (χ4n) is 3.10. The summed E-state index contributed by atoms with van der Waals surface area (Å²) in [7, 11) is 0. The molecular formula is C21H16N2OS. The molecule has 1 amide bonds. The summed E-state index contributed by atoms with van der Waals surface area (Å²) < 4.78 is 0. The number of para-hydroxylation sites is 2. The number of benzene rings is 3. The van der Waals surface area contributed by atoms with Crippen molar-refractivity contribution in [2.24, 2.45) is 0 Å². The number of hydrazine groups is 1. The van der Waals surface area contributed by atoms with E-state index >= 15 is 0 Å². The predicted molar refractivity (Wildman–Crippen MR) is 105 cm³/mol. The van der Waals surface area contributed by atoms with Gasteiger partial charge in [0.1, 0.15) is 10.9 Å². The van der Waals surface area contributed by atoms with Gasteiger partial charge in [0, 0.05) is 0 Å². The largest absolute Gasteiger partial charge is 0.271 e. The number of hydrogen-bond acceptors (Lipinski definition) is 2. The molecule has 0 aromatic heterocycles. The molecule has 4 heteroatoms. The maximum absolute atomic E-state index is 13.3. The van der Waals surface area contributed by atoms with Crippen molar-refractivity contribution in [3.63, 3.8) is 0 Å². The second kappa shape index (κ2) is 6.49. The first-order valence-electron chi connectivity index (χ1n) is 8.10. The average Bonchev–Trinajstić information content (AvgIpc) is 2.94. The minimum Gasteiger partial charge on any atom is -0.271 e. The van der Waals surface area contributed by atoms with E-state index < -0.39 is 5.92 Å². The second-order valence-corrected chi connectivity index (χ2v) is 6.23. The van der Waals surface area contributed by atoms with Gasteiger partial charge in [-0.15, -0.1) is 0 Å². The van der Waals surface area contributed by atoms with Crippen LogP contribution in [0, 0.1) is 0 Å². The van der Waals surface area contributed by atoms with Crippen LogP contribution in [-0.2, 0) is 4.79 Å². The number of hydrogen-bond donors (Lipinski definition) is 0. The van der Waals surface area contributed by atoms with E-state index in [1.165, 1.54) is 0 Å². The molecule has 3 nitrogen and oxygen atoms in total. The van der Waals surface area contributed by atoms with Crippen LogP contribution in [0.15, 0.2) is 91.0 Å². The van der Waals surface area contributed by atoms with Crippen LogP contribution in [0.4, 0.5) is 11.4 Å². The maximum Gasteiger partial charge on any atom is 0.260 e. The summed E-state index contributed by atoms with van der Waals surface area (Å²) in [4.78, 5) is 13.9. The lowest BCUT2D eigenvalue weighted by atomic mass is 9.99. The van der Waals surface area contributed by atoms with Crippen LogP contribution < -0.4 is 10.0 Å². The molecule has 122 valence electrons. The van der Waals surface area contributed by atoms with E-state index in [1.807, 2.05) is 96.0 Å². The Bertz CT molecular complexity index is 839. The lowest BCUT2D eigenvalue weighted by Crippen LogP contribution is -2.40. The zero-order valence-electron chi connectivity index (χ0n) is 13.4. The lowest BCUT2D eigenvalue weighted by molar-refractivity contribution is -0.117. The number of carbonyl (C=O) groups is 1. The number of nitrogens with zero attached hydrogens (tertiary/aromatic N) is 2. The van der Waals surface area contributed by atoms with Crippen LogP contribution in [0.5, 0.6) is 0 Å². The van der Waals surface area contributed by atoms with Gasteiger partial charge in [-0.2, -0.15) is 0 Å². The Labute approximate surface area is 152 Å². The number of thiocarbonyl (C=S) groups is 1. The van der Waals surface area contributed by atoms with Crippen molar-refractivity contribution in [3.8, 4) is 0 Å². The molecule has 1 saturated heterocycles. The molecule has 1 unspecified atom stereocenters. The third kappa shape index (κ3) is 2.71. The summed E-state index contributed by atoms with van der Waals surface area (Å²) in [5, 5.41) is 3.51. The minimum absolute atomic E-state index is 0.0359. The minimum atomic E-state index is -0.461. The molecule has 25 heavy (non-hydrogen) atoms. The predicted octanol–water partition coefficient (Wildman–Crippen LogP) is 4.57. The van der Waals surface area contributed by atoms with E-state index in [4.69, 9.17) is 12.2 Å². The quantitative estimate of drug-likeness (QED) is 0.651. The molecule has 0 radical (unpaired) electrons. The molecule has 1 aliphatic rings. The van der Waals surface area contributed by atoms with Gasteiger partial charge >= 0.3 is 0 Å². The number of carbonyl (C=O) groups excluding carboxylic acids is 1. The van der Waals surface area contributed by atoms with Gasteiger partial charge < -0.3 is 0 Å². The Balaban J connectivity index is 1.85. The van der Waals surface area contributed by atoms with Gasteiger partial charge in [-0.3, -0.25) is 4.79 Å². The van der Waals surface area contributed by atoms with Crippen molar-refractivity contribution < 1.29 is 4.79 Å². The highest BCUT2D eigenvalue weighted by Crippen LogP contribution is 2.36. The molecule has 1 heterocycles. The first-order chi connectivity index (χ1) is 12.3. The van der Waals surface area contributed by atoms with Gasteiger partial charge in [0.15, 0.2) is 0 Å². The van der Waals surface area contributed by atoms with Crippen molar-refractivity contribution >= 4 is 34.5 Å². The van der Waals surface area contributed by atoms with Crippen LogP contribution >= 0.6 is 12.2 Å². The molecule has 4 rings (SSSR count). The van der Waals surface area contributed by atoms with E-state index in [9.17, 15) is 4.79 Å². The third-order valence-electron chi connectivity index (χ3n) is 4.25. The first-order valence-corrected chi connectivity index (χ1v) is 8.51. The van der Waals surface area contributed by atoms with E-state index in [0.717, 1.165) is 16.9 Å². The molecule has 0 bridgehead atoms. The highest BCUT2D eigenvalue weighted by Gasteiger charge is 2.44. The SMILES string of the molecule is O=C1C(c2ccccc2)C(=S)N(c2ccccc2)N1c1ccccc1. The summed E-state index contributed by atoms with van der Waals surface area (Å²) in [6.07, 6.45) is 0. The molecule has 1 aliphatic heterocycles. The summed E-state index contributed by atoms with van der Waals surface area (Å²) in [6, 6.07) is 29.1. The van der Waals surface area contributed by atoms with Gasteiger partial charge in [-0.25, -0.2) is 10.0 Å². The topological polar surface area (TPSA) is 23.6 Å². The molecular weight excluding hydrogens is 328 g/mol. The highest BCUT2D eigenvalue weighted by atomic mass is 32.1. The Hall–Kier alpha value is -2.98.